The monoisotopic (exact) mass is 946 g/mol. The molecule has 0 radical (unpaired) electrons. The molecule has 11 atom stereocenters. The Morgan fingerprint density at radius 3 is 2.01 bits per heavy atom. The number of nitrogens with one attached hydrogen (secondary N) is 5. The summed E-state index contributed by atoms with van der Waals surface area (Å²) < 4.78 is 5.90. The molecule has 0 saturated carbocycles. The van der Waals surface area contributed by atoms with Crippen molar-refractivity contribution >= 4 is 53.8 Å². The van der Waals surface area contributed by atoms with E-state index in [0.29, 0.717) is 24.8 Å². The van der Waals surface area contributed by atoms with E-state index < -0.39 is 126 Å². The molecule has 1 fully saturated rings. The van der Waals surface area contributed by atoms with Gasteiger partial charge >= 0.3 is 11.9 Å². The number of cyclic esters (lactones) is 1. The van der Waals surface area contributed by atoms with Gasteiger partial charge in [-0.3, -0.25) is 38.4 Å². The van der Waals surface area contributed by atoms with E-state index in [9.17, 15) is 58.5 Å². The molecule has 67 heavy (non-hydrogen) atoms. The molecular weight excluding hydrogens is 871 g/mol. The van der Waals surface area contributed by atoms with E-state index in [-0.39, 0.29) is 43.8 Å². The summed E-state index contributed by atoms with van der Waals surface area (Å²) in [6.07, 6.45) is -2.85. The van der Waals surface area contributed by atoms with Crippen molar-refractivity contribution in [2.24, 2.45) is 23.7 Å². The lowest BCUT2D eigenvalue weighted by Crippen LogP contribution is -2.61. The molecule has 1 saturated heterocycles. The first kappa shape index (κ1) is 57.3. The van der Waals surface area contributed by atoms with E-state index in [1.165, 1.54) is 26.1 Å². The largest absolute Gasteiger partial charge is 0.508 e. The number of aromatic hydroxyl groups is 1. The van der Waals surface area contributed by atoms with Crippen LogP contribution in [0, 0.1) is 23.7 Å². The molecule has 1 aromatic carbocycles. The second kappa shape index (κ2) is 27.1. The topological polar surface area (TPSA) is 290 Å². The van der Waals surface area contributed by atoms with E-state index >= 15 is 0 Å². The maximum absolute atomic E-state index is 14.7. The second-order valence-corrected chi connectivity index (χ2v) is 18.5. The smallest absolute Gasteiger partial charge is 0.329 e. The van der Waals surface area contributed by atoms with Gasteiger partial charge in [0.15, 0.2) is 0 Å². The van der Waals surface area contributed by atoms with Gasteiger partial charge in [0.25, 0.3) is 0 Å². The number of aliphatic carboxylic acids is 1. The Kier molecular flexibility index (Phi) is 23.2. The number of benzene rings is 1. The zero-order valence-electron chi connectivity index (χ0n) is 40.9. The van der Waals surface area contributed by atoms with Crippen LogP contribution in [-0.4, -0.2) is 141 Å². The van der Waals surface area contributed by atoms with Gasteiger partial charge in [0.2, 0.25) is 41.9 Å². The molecule has 1 heterocycles. The average Bonchev–Trinajstić information content (AvgIpc) is 3.27. The van der Waals surface area contributed by atoms with Crippen LogP contribution < -0.4 is 26.6 Å². The van der Waals surface area contributed by atoms with Crippen LogP contribution in [0.15, 0.2) is 24.3 Å². The lowest BCUT2D eigenvalue weighted by Gasteiger charge is -2.39. The van der Waals surface area contributed by atoms with E-state index in [4.69, 9.17) is 4.74 Å². The minimum atomic E-state index is -1.74. The highest BCUT2D eigenvalue weighted by atomic mass is 16.5. The molecule has 4 unspecified atom stereocenters. The zero-order chi connectivity index (χ0) is 50.9. The molecule has 376 valence electrons. The highest BCUT2D eigenvalue weighted by molar-refractivity contribution is 5.96. The number of aliphatic hydroxyl groups excluding tert-OH is 1. The molecule has 7 amide bonds. The number of amides is 7. The number of hydrogen-bond donors (Lipinski definition) is 8. The van der Waals surface area contributed by atoms with Crippen LogP contribution in [0.1, 0.15) is 120 Å². The SMILES string of the molecule is CCC(C)C1C(=O)N(C)[C@@H](Cc2ccc(O)cc2)C(=O)N[C@@H](C(C)CC)C(=O)O[C@H](C)[C@H](NC(=O)[C@H](CCC(=O)O)NC(=O)C(C)C)C(=O)N[C@@H](CC(C)C)C(=O)NC(C)CC[C@H](O)N1C=O. The van der Waals surface area contributed by atoms with E-state index in [1.807, 2.05) is 13.8 Å². The highest BCUT2D eigenvalue weighted by Gasteiger charge is 2.42. The number of phenols is 1. The van der Waals surface area contributed by atoms with Gasteiger partial charge in [0.05, 0.1) is 0 Å². The van der Waals surface area contributed by atoms with Crippen molar-refractivity contribution in [2.45, 2.75) is 175 Å². The Morgan fingerprint density at radius 2 is 1.48 bits per heavy atom. The number of phenolic OH excluding ortho intramolecular Hbond substituents is 1. The summed E-state index contributed by atoms with van der Waals surface area (Å²) in [5.74, 6) is -8.87. The Morgan fingerprint density at radius 1 is 0.866 bits per heavy atom. The van der Waals surface area contributed by atoms with Crippen LogP contribution in [0.3, 0.4) is 0 Å². The lowest BCUT2D eigenvalue weighted by atomic mass is 9.94. The van der Waals surface area contributed by atoms with Gasteiger partial charge in [-0.1, -0.05) is 80.4 Å². The highest BCUT2D eigenvalue weighted by Crippen LogP contribution is 2.24. The third-order valence-electron chi connectivity index (χ3n) is 12.2. The number of likely N-dealkylation sites (N-methyl/N-ethyl adjacent to an activating group) is 1. The summed E-state index contributed by atoms with van der Waals surface area (Å²) in [4.78, 5) is 125. The van der Waals surface area contributed by atoms with E-state index in [0.717, 1.165) is 9.80 Å². The van der Waals surface area contributed by atoms with Gasteiger partial charge in [-0.2, -0.15) is 0 Å². The van der Waals surface area contributed by atoms with Crippen molar-refractivity contribution in [1.29, 1.82) is 0 Å². The van der Waals surface area contributed by atoms with Crippen molar-refractivity contribution in [1.82, 2.24) is 36.4 Å². The molecule has 1 aromatic rings. The molecule has 0 spiro atoms. The Labute approximate surface area is 394 Å². The minimum absolute atomic E-state index is 0.0470. The van der Waals surface area contributed by atoms with Gasteiger partial charge < -0.3 is 56.4 Å². The molecule has 8 N–H and O–H groups in total. The molecule has 2 rings (SSSR count). The standard InChI is InChI=1S/C47H75N7O13/c1-12-27(7)38-47(66)67-30(10)39(52-42(61)33(19-21-37(58)59)49-41(60)26(5)6)45(64)50-34(22-25(3)4)43(62)48-29(9)14-20-36(57)54(24-55)40(28(8)13-2)46(65)53(11)35(44(63)51-38)23-31-15-17-32(56)18-16-31/h15-18,24-30,33-36,38-40,56-57H,12-14,19-23H2,1-11H3,(H,48,62)(H,49,60)(H,50,64)(H,51,63)(H,52,61)(H,58,59)/t27?,28?,29?,30-,33+,34+,35+,36+,38+,39+,40?/m1/s1. The van der Waals surface area contributed by atoms with Crippen LogP contribution in [0.25, 0.3) is 0 Å². The Balaban J connectivity index is 2.85. The van der Waals surface area contributed by atoms with Crippen molar-refractivity contribution in [3.63, 3.8) is 0 Å². The molecule has 20 nitrogen and oxygen atoms in total. The number of esters is 1. The van der Waals surface area contributed by atoms with E-state index in [1.54, 1.807) is 60.6 Å². The number of carboxylic acid groups (broad SMARTS) is 1. The quantitative estimate of drug-likeness (QED) is 0.0867. The Bertz CT molecular complexity index is 1860. The fourth-order valence-electron chi connectivity index (χ4n) is 7.53. The van der Waals surface area contributed by atoms with Crippen molar-refractivity contribution in [3.05, 3.63) is 29.8 Å². The predicted octanol–water partition coefficient (Wildman–Crippen LogP) is 1.74. The fourth-order valence-corrected chi connectivity index (χ4v) is 7.53. The van der Waals surface area contributed by atoms with Gasteiger partial charge in [0, 0.05) is 31.8 Å². The van der Waals surface area contributed by atoms with Crippen LogP contribution in [0.5, 0.6) is 5.75 Å². The van der Waals surface area contributed by atoms with Crippen LogP contribution in [0.4, 0.5) is 0 Å². The number of carboxylic acids is 1. The molecule has 0 aliphatic carbocycles. The minimum Gasteiger partial charge on any atom is -0.508 e. The third kappa shape index (κ3) is 17.4. The summed E-state index contributed by atoms with van der Waals surface area (Å²) in [7, 11) is 1.37. The van der Waals surface area contributed by atoms with E-state index in [2.05, 4.69) is 26.6 Å². The number of carbonyl (C=O) groups excluding carboxylic acids is 8. The first-order chi connectivity index (χ1) is 31.4. The molecule has 0 aromatic heterocycles. The summed E-state index contributed by atoms with van der Waals surface area (Å²) in [6, 6.07) is -3.13. The first-order valence-corrected chi connectivity index (χ1v) is 23.3. The number of nitrogens with zero attached hydrogens (tertiary/aromatic N) is 2. The Hall–Kier alpha value is -5.79. The van der Waals surface area contributed by atoms with Crippen molar-refractivity contribution in [3.8, 4) is 5.75 Å². The maximum Gasteiger partial charge on any atom is 0.329 e. The number of carbonyl (C=O) groups is 9. The van der Waals surface area contributed by atoms with Gasteiger partial charge in [-0.25, -0.2) is 4.79 Å². The number of ether oxygens (including phenoxy) is 1. The van der Waals surface area contributed by atoms with Crippen molar-refractivity contribution in [2.75, 3.05) is 7.05 Å². The van der Waals surface area contributed by atoms with Gasteiger partial charge in [0.1, 0.15) is 54.3 Å². The second-order valence-electron chi connectivity index (χ2n) is 18.5. The van der Waals surface area contributed by atoms with Crippen molar-refractivity contribution < 1.29 is 63.2 Å². The summed E-state index contributed by atoms with van der Waals surface area (Å²) in [5, 5.41) is 44.2. The number of hydrogen-bond acceptors (Lipinski definition) is 12. The molecule has 0 bridgehead atoms. The normalized spacial score (nSPS) is 25.7. The molecular formula is C47H75N7O13. The fraction of sp³-hybridized carbons (Fsp3) is 0.681. The molecule has 1 aliphatic rings. The number of rotatable bonds is 16. The van der Waals surface area contributed by atoms with Crippen LogP contribution in [-0.2, 0) is 54.3 Å². The lowest BCUT2D eigenvalue weighted by molar-refractivity contribution is -0.159. The summed E-state index contributed by atoms with van der Waals surface area (Å²) in [5.41, 5.74) is 0.523. The van der Waals surface area contributed by atoms with Crippen LogP contribution >= 0.6 is 0 Å². The number of aliphatic hydroxyl groups is 1. The summed E-state index contributed by atoms with van der Waals surface area (Å²) >= 11 is 0. The van der Waals surface area contributed by atoms with Gasteiger partial charge in [-0.15, -0.1) is 0 Å². The summed E-state index contributed by atoms with van der Waals surface area (Å²) in [6.45, 7) is 16.7. The average molecular weight is 946 g/mol. The zero-order valence-corrected chi connectivity index (χ0v) is 40.9. The molecule has 20 heteroatoms. The predicted molar refractivity (Wildman–Crippen MR) is 246 cm³/mol. The van der Waals surface area contributed by atoms with Crippen LogP contribution in [0.2, 0.25) is 0 Å². The van der Waals surface area contributed by atoms with Gasteiger partial charge in [-0.05, 0) is 75.0 Å². The first-order valence-electron chi connectivity index (χ1n) is 23.3. The maximum atomic E-state index is 14.7. The third-order valence-corrected chi connectivity index (χ3v) is 12.2. The molecule has 1 aliphatic heterocycles.